The second kappa shape index (κ2) is 7.13. The summed E-state index contributed by atoms with van der Waals surface area (Å²) in [4.78, 5) is 2.34. The average Bonchev–Trinajstić information content (AvgIpc) is 2.35. The molecule has 1 aromatic rings. The SMILES string of the molecule is C=CNCN(CC)Cc1ccc(C(C)C)cc1. The maximum atomic E-state index is 3.67. The highest BCUT2D eigenvalue weighted by atomic mass is 15.2. The highest BCUT2D eigenvalue weighted by molar-refractivity contribution is 5.24. The van der Waals surface area contributed by atoms with Gasteiger partial charge in [0.25, 0.3) is 0 Å². The summed E-state index contributed by atoms with van der Waals surface area (Å²) < 4.78 is 0. The second-order valence-corrected chi connectivity index (χ2v) is 4.61. The molecule has 1 rings (SSSR count). The van der Waals surface area contributed by atoms with Gasteiger partial charge in [0.1, 0.15) is 0 Å². The van der Waals surface area contributed by atoms with Gasteiger partial charge in [-0.05, 0) is 29.8 Å². The largest absolute Gasteiger partial charge is 0.379 e. The van der Waals surface area contributed by atoms with Crippen LogP contribution >= 0.6 is 0 Å². The summed E-state index contributed by atoms with van der Waals surface area (Å²) in [6, 6.07) is 8.92. The lowest BCUT2D eigenvalue weighted by Gasteiger charge is -2.20. The summed E-state index contributed by atoms with van der Waals surface area (Å²) in [6.45, 7) is 13.2. The van der Waals surface area contributed by atoms with Crippen LogP contribution in [0.4, 0.5) is 0 Å². The summed E-state index contributed by atoms with van der Waals surface area (Å²) in [5.41, 5.74) is 2.77. The number of hydrogen-bond acceptors (Lipinski definition) is 2. The molecule has 0 fully saturated rings. The summed E-state index contributed by atoms with van der Waals surface area (Å²) in [5.74, 6) is 0.605. The van der Waals surface area contributed by atoms with E-state index in [1.165, 1.54) is 11.1 Å². The molecule has 0 aliphatic carbocycles. The van der Waals surface area contributed by atoms with E-state index in [2.05, 4.69) is 61.8 Å². The van der Waals surface area contributed by atoms with E-state index in [0.717, 1.165) is 19.8 Å². The minimum atomic E-state index is 0.605. The zero-order valence-electron chi connectivity index (χ0n) is 11.2. The van der Waals surface area contributed by atoms with E-state index in [4.69, 9.17) is 0 Å². The van der Waals surface area contributed by atoms with Gasteiger partial charge in [0.2, 0.25) is 0 Å². The third-order valence-corrected chi connectivity index (χ3v) is 2.96. The van der Waals surface area contributed by atoms with Crippen LogP contribution in [0, 0.1) is 0 Å². The molecule has 0 atom stereocenters. The van der Waals surface area contributed by atoms with Crippen LogP contribution in [0.3, 0.4) is 0 Å². The molecule has 0 radical (unpaired) electrons. The van der Waals surface area contributed by atoms with Gasteiger partial charge in [0, 0.05) is 6.54 Å². The van der Waals surface area contributed by atoms with E-state index < -0.39 is 0 Å². The van der Waals surface area contributed by atoms with Crippen molar-refractivity contribution in [2.75, 3.05) is 13.2 Å². The minimum Gasteiger partial charge on any atom is -0.379 e. The first kappa shape index (κ1) is 13.8. The van der Waals surface area contributed by atoms with E-state index in [0.29, 0.717) is 5.92 Å². The highest BCUT2D eigenvalue weighted by Crippen LogP contribution is 2.15. The van der Waals surface area contributed by atoms with Crippen molar-refractivity contribution in [1.29, 1.82) is 0 Å². The molecule has 0 bridgehead atoms. The normalized spacial score (nSPS) is 10.9. The summed E-state index contributed by atoms with van der Waals surface area (Å²) in [6.07, 6.45) is 1.74. The molecule has 2 nitrogen and oxygen atoms in total. The Bertz CT molecular complexity index is 327. The van der Waals surface area contributed by atoms with E-state index in [9.17, 15) is 0 Å². The van der Waals surface area contributed by atoms with E-state index >= 15 is 0 Å². The molecule has 94 valence electrons. The number of benzene rings is 1. The Balaban J connectivity index is 2.57. The number of rotatable bonds is 7. The zero-order chi connectivity index (χ0) is 12.7. The summed E-state index contributed by atoms with van der Waals surface area (Å²) in [5, 5.41) is 3.14. The number of hydrogen-bond donors (Lipinski definition) is 1. The smallest absolute Gasteiger partial charge is 0.0675 e. The molecule has 0 spiro atoms. The molecule has 2 heteroatoms. The van der Waals surface area contributed by atoms with Gasteiger partial charge in [-0.25, -0.2) is 0 Å². The maximum absolute atomic E-state index is 3.67. The molecular formula is C15H24N2. The lowest BCUT2D eigenvalue weighted by molar-refractivity contribution is 0.270. The predicted molar refractivity (Wildman–Crippen MR) is 74.8 cm³/mol. The van der Waals surface area contributed by atoms with Crippen LogP contribution in [-0.4, -0.2) is 18.1 Å². The number of nitrogens with zero attached hydrogens (tertiary/aromatic N) is 1. The van der Waals surface area contributed by atoms with Crippen molar-refractivity contribution in [3.8, 4) is 0 Å². The minimum absolute atomic E-state index is 0.605. The van der Waals surface area contributed by atoms with Crippen LogP contribution in [0.5, 0.6) is 0 Å². The molecule has 0 aliphatic rings. The van der Waals surface area contributed by atoms with Gasteiger partial charge >= 0.3 is 0 Å². The lowest BCUT2D eigenvalue weighted by atomic mass is 10.0. The topological polar surface area (TPSA) is 15.3 Å². The molecular weight excluding hydrogens is 208 g/mol. The Morgan fingerprint density at radius 1 is 1.29 bits per heavy atom. The van der Waals surface area contributed by atoms with Crippen LogP contribution in [0.2, 0.25) is 0 Å². The predicted octanol–water partition coefficient (Wildman–Crippen LogP) is 3.32. The first-order chi connectivity index (χ1) is 8.17. The van der Waals surface area contributed by atoms with Crippen LogP contribution in [-0.2, 0) is 6.54 Å². The summed E-state index contributed by atoms with van der Waals surface area (Å²) in [7, 11) is 0. The first-order valence-electron chi connectivity index (χ1n) is 6.32. The molecule has 0 aromatic heterocycles. The number of nitrogens with one attached hydrogen (secondary N) is 1. The molecule has 1 aromatic carbocycles. The van der Waals surface area contributed by atoms with Gasteiger partial charge in [0.05, 0.1) is 6.67 Å². The van der Waals surface area contributed by atoms with Crippen LogP contribution in [0.25, 0.3) is 0 Å². The van der Waals surface area contributed by atoms with E-state index in [1.807, 2.05) is 0 Å². The first-order valence-corrected chi connectivity index (χ1v) is 6.32. The van der Waals surface area contributed by atoms with Crippen LogP contribution in [0.1, 0.15) is 37.8 Å². The molecule has 17 heavy (non-hydrogen) atoms. The van der Waals surface area contributed by atoms with E-state index in [1.54, 1.807) is 6.20 Å². The standard InChI is InChI=1S/C15H24N2/c1-5-16-12-17(6-2)11-14-7-9-15(10-8-14)13(3)4/h5,7-10,13,16H,1,6,11-12H2,2-4H3. The highest BCUT2D eigenvalue weighted by Gasteiger charge is 2.03. The van der Waals surface area contributed by atoms with Gasteiger partial charge in [0.15, 0.2) is 0 Å². The van der Waals surface area contributed by atoms with Crippen molar-refractivity contribution < 1.29 is 0 Å². The van der Waals surface area contributed by atoms with Gasteiger partial charge < -0.3 is 5.32 Å². The van der Waals surface area contributed by atoms with Gasteiger partial charge in [-0.15, -0.1) is 0 Å². The monoisotopic (exact) mass is 232 g/mol. The fourth-order valence-corrected chi connectivity index (χ4v) is 1.74. The molecule has 0 amide bonds. The van der Waals surface area contributed by atoms with Crippen LogP contribution < -0.4 is 5.32 Å². The van der Waals surface area contributed by atoms with E-state index in [-0.39, 0.29) is 0 Å². The van der Waals surface area contributed by atoms with Crippen molar-refractivity contribution in [3.05, 3.63) is 48.2 Å². The molecule has 0 unspecified atom stereocenters. The molecule has 0 heterocycles. The Morgan fingerprint density at radius 3 is 2.41 bits per heavy atom. The maximum Gasteiger partial charge on any atom is 0.0675 e. The summed E-state index contributed by atoms with van der Waals surface area (Å²) >= 11 is 0. The molecule has 0 aliphatic heterocycles. The fraction of sp³-hybridized carbons (Fsp3) is 0.467. The van der Waals surface area contributed by atoms with Crippen molar-refractivity contribution in [3.63, 3.8) is 0 Å². The molecule has 1 N–H and O–H groups in total. The zero-order valence-corrected chi connectivity index (χ0v) is 11.2. The fourth-order valence-electron chi connectivity index (χ4n) is 1.74. The van der Waals surface area contributed by atoms with Gasteiger partial charge in [-0.2, -0.15) is 0 Å². The lowest BCUT2D eigenvalue weighted by Crippen LogP contribution is -2.31. The Kier molecular flexibility index (Phi) is 5.78. The quantitative estimate of drug-likeness (QED) is 0.725. The average molecular weight is 232 g/mol. The third-order valence-electron chi connectivity index (χ3n) is 2.96. The Hall–Kier alpha value is -1.28. The molecule has 0 saturated carbocycles. The van der Waals surface area contributed by atoms with Crippen LogP contribution in [0.15, 0.2) is 37.0 Å². The second-order valence-electron chi connectivity index (χ2n) is 4.61. The van der Waals surface area contributed by atoms with Crippen molar-refractivity contribution >= 4 is 0 Å². The Morgan fingerprint density at radius 2 is 1.94 bits per heavy atom. The van der Waals surface area contributed by atoms with Gasteiger partial charge in [-0.3, -0.25) is 4.90 Å². The Labute approximate surface area is 105 Å². The third kappa shape index (κ3) is 4.61. The van der Waals surface area contributed by atoms with Crippen molar-refractivity contribution in [2.24, 2.45) is 0 Å². The molecule has 0 saturated heterocycles. The van der Waals surface area contributed by atoms with Crippen molar-refractivity contribution in [2.45, 2.75) is 33.2 Å². The van der Waals surface area contributed by atoms with Gasteiger partial charge in [-0.1, -0.05) is 51.6 Å². The van der Waals surface area contributed by atoms with Crippen molar-refractivity contribution in [1.82, 2.24) is 10.2 Å².